The van der Waals surface area contributed by atoms with Crippen LogP contribution in [0.25, 0.3) is 0 Å². The lowest BCUT2D eigenvalue weighted by Crippen LogP contribution is -2.35. The Balaban J connectivity index is 0.000000782. The zero-order chi connectivity index (χ0) is 31.9. The summed E-state index contributed by atoms with van der Waals surface area (Å²) in [6.45, 7) is 0. The van der Waals surface area contributed by atoms with Gasteiger partial charge in [-0.2, -0.15) is 39.5 Å². The average molecular weight is 613 g/mol. The normalized spacial score (nSPS) is 12.4. The van der Waals surface area contributed by atoms with E-state index in [0.717, 1.165) is 30.5 Å². The molecule has 0 spiro atoms. The minimum Gasteiger partial charge on any atom is -0.493 e. The van der Waals surface area contributed by atoms with Crippen LogP contribution in [-0.2, 0) is 17.1 Å². The Morgan fingerprint density at radius 2 is 1.40 bits per heavy atom. The number of nitrogens with zero attached hydrogens (tertiary/aromatic N) is 1. The van der Waals surface area contributed by atoms with E-state index in [1.807, 2.05) is 0 Å². The first-order chi connectivity index (χ1) is 19.4. The van der Waals surface area contributed by atoms with Crippen LogP contribution in [0.1, 0.15) is 28.4 Å². The number of hydrogen-bond acceptors (Lipinski definition) is 5. The van der Waals surface area contributed by atoms with Crippen LogP contribution in [0.4, 0.5) is 50.0 Å². The van der Waals surface area contributed by atoms with E-state index >= 15 is 0 Å². The number of anilines is 1. The van der Waals surface area contributed by atoms with E-state index in [2.05, 4.69) is 15.6 Å². The lowest BCUT2D eigenvalue weighted by molar-refractivity contribution is -0.192. The number of methoxy groups -OCH3 is 2. The summed E-state index contributed by atoms with van der Waals surface area (Å²) in [4.78, 5) is 25.4. The molecule has 0 aliphatic carbocycles. The number of benzene rings is 2. The highest BCUT2D eigenvalue weighted by Crippen LogP contribution is 2.37. The smallest absolute Gasteiger partial charge is 0.490 e. The molecule has 3 rings (SSSR count). The van der Waals surface area contributed by atoms with E-state index in [1.165, 1.54) is 32.4 Å². The van der Waals surface area contributed by atoms with E-state index in [1.54, 1.807) is 0 Å². The highest BCUT2D eigenvalue weighted by Gasteiger charge is 2.39. The Kier molecular flexibility index (Phi) is 10.6. The van der Waals surface area contributed by atoms with Crippen molar-refractivity contribution >= 4 is 17.7 Å². The standard InChI is InChI=1S/C23H19F6N3O3.C2HF3O2/c1-34-17-10-9-15(12-18(17)35-2)31-21(33)32-19(13-5-7-14(8-6-13)22(24,25)26)20-16(23(27,28)29)4-3-11-30-20;3-2(4,5)1(6)7/h3-12,19H,1-2H3,(H2,31,32,33);(H,6,7)/t19-;/m0./s1. The number of ether oxygens (including phenoxy) is 2. The van der Waals surface area contributed by atoms with Gasteiger partial charge in [-0.1, -0.05) is 12.1 Å². The van der Waals surface area contributed by atoms with Gasteiger partial charge in [0.05, 0.1) is 37.1 Å². The van der Waals surface area contributed by atoms with Crippen LogP contribution < -0.4 is 20.1 Å². The first kappa shape index (κ1) is 33.5. The van der Waals surface area contributed by atoms with Gasteiger partial charge in [0.1, 0.15) is 0 Å². The number of urea groups is 1. The Morgan fingerprint density at radius 3 is 1.88 bits per heavy atom. The topological polar surface area (TPSA) is 110 Å². The molecule has 17 heteroatoms. The van der Waals surface area contributed by atoms with Crippen LogP contribution in [0.5, 0.6) is 11.5 Å². The molecule has 0 radical (unpaired) electrons. The van der Waals surface area contributed by atoms with Crippen LogP contribution in [-0.4, -0.2) is 42.5 Å². The van der Waals surface area contributed by atoms with Crippen molar-refractivity contribution in [3.05, 3.63) is 83.2 Å². The zero-order valence-electron chi connectivity index (χ0n) is 21.3. The minimum absolute atomic E-state index is 0.0374. The van der Waals surface area contributed by atoms with Gasteiger partial charge in [0.2, 0.25) is 0 Å². The van der Waals surface area contributed by atoms with E-state index < -0.39 is 53.4 Å². The van der Waals surface area contributed by atoms with Gasteiger partial charge in [0, 0.05) is 18.0 Å². The summed E-state index contributed by atoms with van der Waals surface area (Å²) in [5, 5.41) is 12.0. The van der Waals surface area contributed by atoms with Crippen LogP contribution in [0.3, 0.4) is 0 Å². The lowest BCUT2D eigenvalue weighted by atomic mass is 9.98. The molecule has 0 aliphatic rings. The maximum absolute atomic E-state index is 13.6. The third-order valence-electron chi connectivity index (χ3n) is 5.15. The van der Waals surface area contributed by atoms with Crippen molar-refractivity contribution in [2.24, 2.45) is 0 Å². The SMILES string of the molecule is COc1ccc(NC(=O)N[C@@H](c2ccc(C(F)(F)F)cc2)c2ncccc2C(F)(F)F)cc1OC.O=C(O)C(F)(F)F. The summed E-state index contributed by atoms with van der Waals surface area (Å²) in [6, 6.07) is 7.19. The van der Waals surface area contributed by atoms with Crippen molar-refractivity contribution in [3.8, 4) is 11.5 Å². The molecule has 1 aromatic heterocycles. The molecular formula is C25H20F9N3O5. The number of aliphatic carboxylic acids is 1. The van der Waals surface area contributed by atoms with E-state index in [-0.39, 0.29) is 17.0 Å². The molecule has 228 valence electrons. The quantitative estimate of drug-likeness (QED) is 0.268. The molecule has 0 saturated carbocycles. The predicted molar refractivity (Wildman–Crippen MR) is 128 cm³/mol. The molecule has 2 amide bonds. The van der Waals surface area contributed by atoms with Crippen molar-refractivity contribution in [1.29, 1.82) is 0 Å². The Labute approximate surface area is 231 Å². The summed E-state index contributed by atoms with van der Waals surface area (Å²) in [6.07, 6.45) is -13.5. The number of halogens is 9. The first-order valence-electron chi connectivity index (χ1n) is 11.2. The van der Waals surface area contributed by atoms with Gasteiger partial charge in [-0.15, -0.1) is 0 Å². The van der Waals surface area contributed by atoms with Crippen molar-refractivity contribution < 1.29 is 63.7 Å². The Morgan fingerprint density at radius 1 is 0.833 bits per heavy atom. The van der Waals surface area contributed by atoms with Crippen LogP contribution >= 0.6 is 0 Å². The van der Waals surface area contributed by atoms with E-state index in [0.29, 0.717) is 17.9 Å². The highest BCUT2D eigenvalue weighted by atomic mass is 19.4. The number of rotatable bonds is 6. The molecule has 3 aromatic rings. The van der Waals surface area contributed by atoms with Gasteiger partial charge >= 0.3 is 30.5 Å². The van der Waals surface area contributed by atoms with Crippen LogP contribution in [0, 0.1) is 0 Å². The van der Waals surface area contributed by atoms with Crippen molar-refractivity contribution in [1.82, 2.24) is 10.3 Å². The third-order valence-corrected chi connectivity index (χ3v) is 5.15. The van der Waals surface area contributed by atoms with Gasteiger partial charge in [-0.25, -0.2) is 9.59 Å². The molecule has 0 unspecified atom stereocenters. The number of carbonyl (C=O) groups excluding carboxylic acids is 1. The lowest BCUT2D eigenvalue weighted by Gasteiger charge is -2.23. The zero-order valence-corrected chi connectivity index (χ0v) is 21.3. The van der Waals surface area contributed by atoms with E-state index in [9.17, 15) is 44.3 Å². The molecule has 0 fully saturated rings. The molecule has 2 aromatic carbocycles. The molecule has 8 nitrogen and oxygen atoms in total. The second-order valence-corrected chi connectivity index (χ2v) is 7.96. The summed E-state index contributed by atoms with van der Waals surface area (Å²) < 4.78 is 122. The average Bonchev–Trinajstić information content (AvgIpc) is 2.90. The van der Waals surface area contributed by atoms with Gasteiger partial charge in [0.25, 0.3) is 0 Å². The Bertz CT molecular complexity index is 1380. The number of amides is 2. The highest BCUT2D eigenvalue weighted by molar-refractivity contribution is 5.90. The van der Waals surface area contributed by atoms with Crippen molar-refractivity contribution in [2.75, 3.05) is 19.5 Å². The molecule has 0 aliphatic heterocycles. The number of aromatic nitrogens is 1. The number of hydrogen-bond donors (Lipinski definition) is 3. The monoisotopic (exact) mass is 613 g/mol. The number of alkyl halides is 9. The largest absolute Gasteiger partial charge is 0.493 e. The van der Waals surface area contributed by atoms with Crippen LogP contribution in [0.2, 0.25) is 0 Å². The van der Waals surface area contributed by atoms with Crippen molar-refractivity contribution in [2.45, 2.75) is 24.6 Å². The summed E-state index contributed by atoms with van der Waals surface area (Å²) in [5.41, 5.74) is -2.53. The number of nitrogens with one attached hydrogen (secondary N) is 2. The molecule has 0 saturated heterocycles. The fourth-order valence-electron chi connectivity index (χ4n) is 3.27. The fraction of sp³-hybridized carbons (Fsp3) is 0.240. The number of pyridine rings is 1. The second kappa shape index (κ2) is 13.3. The van der Waals surface area contributed by atoms with Gasteiger partial charge in [0.15, 0.2) is 11.5 Å². The molecule has 1 atom stereocenters. The fourth-order valence-corrected chi connectivity index (χ4v) is 3.27. The maximum Gasteiger partial charge on any atom is 0.490 e. The molecule has 0 bridgehead atoms. The molecule has 1 heterocycles. The van der Waals surface area contributed by atoms with Crippen molar-refractivity contribution in [3.63, 3.8) is 0 Å². The summed E-state index contributed by atoms with van der Waals surface area (Å²) in [5.74, 6) is -2.09. The molecular weight excluding hydrogens is 593 g/mol. The summed E-state index contributed by atoms with van der Waals surface area (Å²) in [7, 11) is 2.79. The maximum atomic E-state index is 13.6. The van der Waals surface area contributed by atoms with Crippen LogP contribution in [0.15, 0.2) is 60.8 Å². The van der Waals surface area contributed by atoms with E-state index in [4.69, 9.17) is 19.4 Å². The number of carbonyl (C=O) groups is 2. The van der Waals surface area contributed by atoms with Gasteiger partial charge < -0.3 is 25.2 Å². The van der Waals surface area contributed by atoms with Gasteiger partial charge in [-0.3, -0.25) is 4.98 Å². The first-order valence-corrected chi connectivity index (χ1v) is 11.2. The second-order valence-electron chi connectivity index (χ2n) is 7.96. The number of carboxylic acid groups (broad SMARTS) is 1. The van der Waals surface area contributed by atoms with Gasteiger partial charge in [-0.05, 0) is 42.0 Å². The predicted octanol–water partition coefficient (Wildman–Crippen LogP) is 6.68. The third kappa shape index (κ3) is 9.17. The Hall–Kier alpha value is -4.70. The number of carboxylic acids is 1. The minimum atomic E-state index is -5.08. The summed E-state index contributed by atoms with van der Waals surface area (Å²) >= 11 is 0. The molecule has 42 heavy (non-hydrogen) atoms. The molecule has 3 N–H and O–H groups in total.